The van der Waals surface area contributed by atoms with Gasteiger partial charge in [0.2, 0.25) is 11.1 Å². The van der Waals surface area contributed by atoms with Crippen molar-refractivity contribution in [3.8, 4) is 11.1 Å². The van der Waals surface area contributed by atoms with Crippen molar-refractivity contribution in [1.29, 1.82) is 0 Å². The van der Waals surface area contributed by atoms with E-state index < -0.39 is 0 Å². The summed E-state index contributed by atoms with van der Waals surface area (Å²) in [6.45, 7) is 3.88. The lowest BCUT2D eigenvalue weighted by Gasteiger charge is -2.31. The van der Waals surface area contributed by atoms with E-state index >= 15 is 0 Å². The highest BCUT2D eigenvalue weighted by atomic mass is 32.1. The first kappa shape index (κ1) is 17.1. The van der Waals surface area contributed by atoms with Crippen LogP contribution < -0.4 is 10.2 Å². The molecule has 1 aliphatic rings. The molecular weight excluding hydrogens is 370 g/mol. The summed E-state index contributed by atoms with van der Waals surface area (Å²) in [7, 11) is 0. The number of piperidine rings is 1. The fourth-order valence-electron chi connectivity index (χ4n) is 3.57. The Morgan fingerprint density at radius 2 is 1.86 bits per heavy atom. The van der Waals surface area contributed by atoms with E-state index in [-0.39, 0.29) is 0 Å². The van der Waals surface area contributed by atoms with Gasteiger partial charge in [0.25, 0.3) is 0 Å². The molecule has 0 aliphatic carbocycles. The molecule has 1 aliphatic heterocycles. The molecule has 5 rings (SSSR count). The summed E-state index contributed by atoms with van der Waals surface area (Å²) in [5.41, 5.74) is 3.18. The van der Waals surface area contributed by atoms with E-state index in [1.165, 1.54) is 17.1 Å². The maximum atomic E-state index is 4.68. The number of nitrogens with zero attached hydrogens (tertiary/aromatic N) is 6. The predicted molar refractivity (Wildman–Crippen MR) is 112 cm³/mol. The Kier molecular flexibility index (Phi) is 4.40. The minimum absolute atomic E-state index is 0.372. The molecule has 3 aromatic heterocycles. The summed E-state index contributed by atoms with van der Waals surface area (Å²) in [4.78, 5) is 11.5. The number of aryl methyl sites for hydroxylation is 1. The fourth-order valence-corrected chi connectivity index (χ4v) is 4.29. The Labute approximate surface area is 167 Å². The highest BCUT2D eigenvalue weighted by Crippen LogP contribution is 2.24. The van der Waals surface area contributed by atoms with Crippen LogP contribution in [0.1, 0.15) is 18.7 Å². The Morgan fingerprint density at radius 3 is 2.61 bits per heavy atom. The van der Waals surface area contributed by atoms with Crippen molar-refractivity contribution in [2.75, 3.05) is 23.3 Å². The molecule has 8 heteroatoms. The van der Waals surface area contributed by atoms with Crippen LogP contribution in [0.15, 0.2) is 48.7 Å². The second-order valence-corrected chi connectivity index (χ2v) is 7.78. The molecule has 0 unspecified atom stereocenters. The van der Waals surface area contributed by atoms with Crippen LogP contribution >= 0.6 is 11.5 Å². The SMILES string of the molecule is Cc1nsc(N2CCC(Nc3nc4cc(-c5ccccc5)ccn4n3)CC2)n1. The third-order valence-corrected chi connectivity index (χ3v) is 5.93. The van der Waals surface area contributed by atoms with Crippen LogP contribution in [-0.2, 0) is 0 Å². The van der Waals surface area contributed by atoms with Gasteiger partial charge in [0.05, 0.1) is 0 Å². The van der Waals surface area contributed by atoms with Crippen LogP contribution in [0.5, 0.6) is 0 Å². The van der Waals surface area contributed by atoms with E-state index in [0.29, 0.717) is 12.0 Å². The molecule has 1 N–H and O–H groups in total. The van der Waals surface area contributed by atoms with Crippen molar-refractivity contribution >= 4 is 28.3 Å². The average Bonchev–Trinajstić information content (AvgIpc) is 3.34. The molecule has 0 saturated carbocycles. The number of pyridine rings is 1. The number of fused-ring (bicyclic) bond motifs is 1. The number of hydrogen-bond acceptors (Lipinski definition) is 7. The first-order chi connectivity index (χ1) is 13.7. The largest absolute Gasteiger partial charge is 0.350 e. The van der Waals surface area contributed by atoms with Gasteiger partial charge in [-0.1, -0.05) is 30.3 Å². The van der Waals surface area contributed by atoms with Gasteiger partial charge in [-0.15, -0.1) is 5.10 Å². The zero-order valence-corrected chi connectivity index (χ0v) is 16.4. The summed E-state index contributed by atoms with van der Waals surface area (Å²) >= 11 is 1.48. The lowest BCUT2D eigenvalue weighted by Crippen LogP contribution is -2.39. The Balaban J connectivity index is 1.27. The number of aromatic nitrogens is 5. The molecule has 0 atom stereocenters. The van der Waals surface area contributed by atoms with Crippen molar-refractivity contribution in [3.63, 3.8) is 0 Å². The van der Waals surface area contributed by atoms with Gasteiger partial charge in [-0.05, 0) is 43.0 Å². The van der Waals surface area contributed by atoms with Crippen molar-refractivity contribution in [2.45, 2.75) is 25.8 Å². The number of hydrogen-bond donors (Lipinski definition) is 1. The number of rotatable bonds is 4. The average molecular weight is 392 g/mol. The molecule has 142 valence electrons. The van der Waals surface area contributed by atoms with Crippen molar-refractivity contribution in [1.82, 2.24) is 24.0 Å². The predicted octanol–water partition coefficient (Wildman–Crippen LogP) is 3.64. The molecule has 0 spiro atoms. The molecule has 1 saturated heterocycles. The molecule has 1 aromatic carbocycles. The Hall–Kier alpha value is -3.00. The maximum Gasteiger partial charge on any atom is 0.243 e. The van der Waals surface area contributed by atoms with Crippen LogP contribution in [0, 0.1) is 6.92 Å². The quantitative estimate of drug-likeness (QED) is 0.573. The van der Waals surface area contributed by atoms with Crippen LogP contribution in [0.4, 0.5) is 11.1 Å². The molecule has 4 aromatic rings. The summed E-state index contributed by atoms with van der Waals surface area (Å²) in [6, 6.07) is 14.9. The van der Waals surface area contributed by atoms with Gasteiger partial charge < -0.3 is 10.2 Å². The second-order valence-electron chi connectivity index (χ2n) is 7.05. The summed E-state index contributed by atoms with van der Waals surface area (Å²) in [6.07, 6.45) is 4.03. The maximum absolute atomic E-state index is 4.68. The number of benzene rings is 1. The van der Waals surface area contributed by atoms with E-state index in [0.717, 1.165) is 48.1 Å². The van der Waals surface area contributed by atoms with Crippen LogP contribution in [0.3, 0.4) is 0 Å². The molecule has 1 fully saturated rings. The van der Waals surface area contributed by atoms with Crippen LogP contribution in [0.2, 0.25) is 0 Å². The standard InChI is InChI=1S/C20H21N7S/c1-14-21-20(28-25-14)26-10-8-17(9-11-26)22-19-23-18-13-16(7-12-27(18)24-19)15-5-3-2-4-6-15/h2-7,12-13,17H,8-11H2,1H3,(H,22,24). The van der Waals surface area contributed by atoms with Crippen molar-refractivity contribution < 1.29 is 0 Å². The fraction of sp³-hybridized carbons (Fsp3) is 0.300. The zero-order chi connectivity index (χ0) is 18.9. The van der Waals surface area contributed by atoms with Gasteiger partial charge in [-0.2, -0.15) is 9.36 Å². The van der Waals surface area contributed by atoms with Crippen LogP contribution in [0.25, 0.3) is 16.8 Å². The normalized spacial score (nSPS) is 15.2. The van der Waals surface area contributed by atoms with Gasteiger partial charge in [-0.25, -0.2) is 9.50 Å². The third kappa shape index (κ3) is 3.43. The van der Waals surface area contributed by atoms with Gasteiger partial charge >= 0.3 is 0 Å². The molecule has 7 nitrogen and oxygen atoms in total. The van der Waals surface area contributed by atoms with Gasteiger partial charge in [0.15, 0.2) is 5.65 Å². The third-order valence-electron chi connectivity index (χ3n) is 5.06. The Morgan fingerprint density at radius 1 is 1.04 bits per heavy atom. The monoisotopic (exact) mass is 391 g/mol. The van der Waals surface area contributed by atoms with Gasteiger partial charge in [-0.3, -0.25) is 0 Å². The Bertz CT molecular complexity index is 1080. The summed E-state index contributed by atoms with van der Waals surface area (Å²) in [5.74, 6) is 1.54. The van der Waals surface area contributed by atoms with Gasteiger partial charge in [0.1, 0.15) is 5.82 Å². The first-order valence-electron chi connectivity index (χ1n) is 9.48. The van der Waals surface area contributed by atoms with Crippen LogP contribution in [-0.4, -0.2) is 43.1 Å². The van der Waals surface area contributed by atoms with E-state index in [9.17, 15) is 0 Å². The number of nitrogens with one attached hydrogen (secondary N) is 1. The second kappa shape index (κ2) is 7.20. The summed E-state index contributed by atoms with van der Waals surface area (Å²) in [5, 5.41) is 9.11. The molecule has 0 radical (unpaired) electrons. The minimum atomic E-state index is 0.372. The topological polar surface area (TPSA) is 71.2 Å². The minimum Gasteiger partial charge on any atom is -0.350 e. The van der Waals surface area contributed by atoms with Gasteiger partial charge in [0, 0.05) is 36.9 Å². The van der Waals surface area contributed by atoms with E-state index in [1.54, 1.807) is 0 Å². The van der Waals surface area contributed by atoms with Crippen molar-refractivity contribution in [2.24, 2.45) is 0 Å². The van der Waals surface area contributed by atoms with E-state index in [4.69, 9.17) is 0 Å². The highest BCUT2D eigenvalue weighted by molar-refractivity contribution is 7.09. The molecule has 28 heavy (non-hydrogen) atoms. The number of anilines is 2. The molecule has 0 amide bonds. The molecule has 4 heterocycles. The highest BCUT2D eigenvalue weighted by Gasteiger charge is 2.22. The lowest BCUT2D eigenvalue weighted by molar-refractivity contribution is 0.523. The zero-order valence-electron chi connectivity index (χ0n) is 15.6. The first-order valence-corrected chi connectivity index (χ1v) is 10.3. The molecule has 0 bridgehead atoms. The lowest BCUT2D eigenvalue weighted by atomic mass is 10.1. The summed E-state index contributed by atoms with van der Waals surface area (Å²) < 4.78 is 6.11. The van der Waals surface area contributed by atoms with Crippen molar-refractivity contribution in [3.05, 3.63) is 54.5 Å². The smallest absolute Gasteiger partial charge is 0.243 e. The van der Waals surface area contributed by atoms with E-state index in [2.05, 4.69) is 53.9 Å². The van der Waals surface area contributed by atoms with E-state index in [1.807, 2.05) is 35.8 Å². The molecular formula is C20H21N7S.